The van der Waals surface area contributed by atoms with Crippen LogP contribution in [0.15, 0.2) is 72.8 Å². The summed E-state index contributed by atoms with van der Waals surface area (Å²) in [6.45, 7) is 1.13. The van der Waals surface area contributed by atoms with Crippen molar-refractivity contribution in [1.82, 2.24) is 4.90 Å². The van der Waals surface area contributed by atoms with E-state index < -0.39 is 12.1 Å². The number of hydrogen-bond donors (Lipinski definition) is 2. The van der Waals surface area contributed by atoms with Gasteiger partial charge < -0.3 is 14.7 Å². The Morgan fingerprint density at radius 1 is 0.886 bits per heavy atom. The Morgan fingerprint density at radius 2 is 1.51 bits per heavy atom. The van der Waals surface area contributed by atoms with E-state index in [4.69, 9.17) is 4.74 Å². The summed E-state index contributed by atoms with van der Waals surface area (Å²) in [7, 11) is 0. The molecule has 1 heterocycles. The lowest BCUT2D eigenvalue weighted by molar-refractivity contribution is -0.139. The van der Waals surface area contributed by atoms with Gasteiger partial charge in [0.1, 0.15) is 6.61 Å². The van der Waals surface area contributed by atoms with Gasteiger partial charge in [0.05, 0.1) is 5.92 Å². The number of anilines is 1. The maximum atomic E-state index is 12.9. The zero-order valence-electron chi connectivity index (χ0n) is 18.9. The molecule has 35 heavy (non-hydrogen) atoms. The van der Waals surface area contributed by atoms with Crippen LogP contribution in [0, 0.1) is 17.8 Å². The SMILES string of the molecule is O=C(Nc1cccc(C(=O)N2CC3C(C2)C3C(=O)O)c1)OCC1c2ccccc2-c2ccccc21. The van der Waals surface area contributed by atoms with Gasteiger partial charge in [-0.1, -0.05) is 54.6 Å². The standard InChI is InChI=1S/C28H24N2O5/c31-26(30-13-22-23(14-30)25(22)27(32)33)16-6-5-7-17(12-16)29-28(34)35-15-24-20-10-3-1-8-18(20)19-9-2-4-11-21(19)24/h1-12,22-25H,13-15H2,(H,29,34)(H,32,33). The molecule has 176 valence electrons. The monoisotopic (exact) mass is 468 g/mol. The zero-order valence-corrected chi connectivity index (χ0v) is 18.9. The molecule has 1 saturated heterocycles. The fourth-order valence-electron chi connectivity index (χ4n) is 5.72. The van der Waals surface area contributed by atoms with Crippen molar-refractivity contribution in [2.45, 2.75) is 5.92 Å². The Balaban J connectivity index is 1.09. The van der Waals surface area contributed by atoms with Crippen LogP contribution in [0.25, 0.3) is 11.1 Å². The van der Waals surface area contributed by atoms with Gasteiger partial charge in [0.15, 0.2) is 0 Å². The molecule has 1 aliphatic heterocycles. The number of carbonyl (C=O) groups is 3. The highest BCUT2D eigenvalue weighted by Crippen LogP contribution is 2.52. The molecular weight excluding hydrogens is 444 g/mol. The van der Waals surface area contributed by atoms with Gasteiger partial charge in [-0.25, -0.2) is 4.79 Å². The normalized spacial score (nSPS) is 21.6. The summed E-state index contributed by atoms with van der Waals surface area (Å²) < 4.78 is 5.60. The van der Waals surface area contributed by atoms with Gasteiger partial charge in [0.25, 0.3) is 5.91 Å². The molecule has 2 atom stereocenters. The highest BCUT2D eigenvalue weighted by Gasteiger charge is 2.60. The smallest absolute Gasteiger partial charge is 0.411 e. The van der Waals surface area contributed by atoms with E-state index in [-0.39, 0.29) is 36.2 Å². The Kier molecular flexibility index (Phi) is 5.06. The molecule has 3 aromatic carbocycles. The first-order chi connectivity index (χ1) is 17.0. The van der Waals surface area contributed by atoms with Crippen LogP contribution in [-0.4, -0.2) is 47.7 Å². The summed E-state index contributed by atoms with van der Waals surface area (Å²) >= 11 is 0. The summed E-state index contributed by atoms with van der Waals surface area (Å²) in [6, 6.07) is 23.1. The van der Waals surface area contributed by atoms with Gasteiger partial charge in [0.2, 0.25) is 0 Å². The third-order valence-corrected chi connectivity index (χ3v) is 7.47. The van der Waals surface area contributed by atoms with E-state index in [2.05, 4.69) is 29.6 Å². The number of carboxylic acids is 1. The third-order valence-electron chi connectivity index (χ3n) is 7.47. The zero-order chi connectivity index (χ0) is 24.1. The molecule has 6 rings (SSSR count). The molecular formula is C28H24N2O5. The number of likely N-dealkylation sites (tertiary alicyclic amines) is 1. The van der Waals surface area contributed by atoms with E-state index in [1.54, 1.807) is 29.2 Å². The number of fused-ring (bicyclic) bond motifs is 4. The Hall–Kier alpha value is -4.13. The molecule has 7 nitrogen and oxygen atoms in total. The van der Waals surface area contributed by atoms with Crippen molar-refractivity contribution in [3.63, 3.8) is 0 Å². The minimum atomic E-state index is -0.776. The average molecular weight is 469 g/mol. The molecule has 2 aliphatic carbocycles. The van der Waals surface area contributed by atoms with Crippen molar-refractivity contribution in [2.24, 2.45) is 17.8 Å². The molecule has 3 aromatic rings. The summed E-state index contributed by atoms with van der Waals surface area (Å²) in [4.78, 5) is 38.4. The lowest BCUT2D eigenvalue weighted by Gasteiger charge is -2.19. The third kappa shape index (κ3) is 3.73. The van der Waals surface area contributed by atoms with E-state index in [0.717, 1.165) is 22.3 Å². The molecule has 2 fully saturated rings. The second kappa shape index (κ2) is 8.27. The number of benzene rings is 3. The molecule has 7 heteroatoms. The maximum Gasteiger partial charge on any atom is 0.411 e. The molecule has 2 N–H and O–H groups in total. The number of carbonyl (C=O) groups excluding carboxylic acids is 2. The van der Waals surface area contributed by atoms with Crippen molar-refractivity contribution in [1.29, 1.82) is 0 Å². The van der Waals surface area contributed by atoms with Crippen LogP contribution >= 0.6 is 0 Å². The van der Waals surface area contributed by atoms with Crippen LogP contribution < -0.4 is 5.32 Å². The van der Waals surface area contributed by atoms with Gasteiger partial charge in [-0.05, 0) is 52.3 Å². The number of nitrogens with one attached hydrogen (secondary N) is 1. The van der Waals surface area contributed by atoms with Crippen molar-refractivity contribution < 1.29 is 24.2 Å². The second-order valence-electron chi connectivity index (χ2n) is 9.43. The van der Waals surface area contributed by atoms with Crippen molar-refractivity contribution >= 4 is 23.7 Å². The second-order valence-corrected chi connectivity index (χ2v) is 9.43. The minimum absolute atomic E-state index is 0.0303. The summed E-state index contributed by atoms with van der Waals surface area (Å²) in [6.07, 6.45) is -0.580. The van der Waals surface area contributed by atoms with Gasteiger partial charge in [-0.15, -0.1) is 0 Å². The van der Waals surface area contributed by atoms with Gasteiger partial charge in [-0.3, -0.25) is 14.9 Å². The molecule has 0 bridgehead atoms. The van der Waals surface area contributed by atoms with Crippen LogP contribution in [0.4, 0.5) is 10.5 Å². The number of aliphatic carboxylic acids is 1. The summed E-state index contributed by atoms with van der Waals surface area (Å²) in [5, 5.41) is 11.9. The first kappa shape index (κ1) is 21.4. The van der Waals surface area contributed by atoms with E-state index in [0.29, 0.717) is 24.3 Å². The van der Waals surface area contributed by atoms with E-state index >= 15 is 0 Å². The molecule has 3 aliphatic rings. The molecule has 2 amide bonds. The minimum Gasteiger partial charge on any atom is -0.481 e. The Morgan fingerprint density at radius 3 is 2.14 bits per heavy atom. The number of hydrogen-bond acceptors (Lipinski definition) is 4. The maximum absolute atomic E-state index is 12.9. The molecule has 0 aromatic heterocycles. The highest BCUT2D eigenvalue weighted by atomic mass is 16.5. The Bertz CT molecular complexity index is 1290. The number of ether oxygens (including phenoxy) is 1. The number of rotatable bonds is 5. The van der Waals surface area contributed by atoms with Crippen molar-refractivity contribution in [3.05, 3.63) is 89.5 Å². The van der Waals surface area contributed by atoms with Crippen molar-refractivity contribution in [3.8, 4) is 11.1 Å². The van der Waals surface area contributed by atoms with Gasteiger partial charge >= 0.3 is 12.1 Å². The summed E-state index contributed by atoms with van der Waals surface area (Å²) in [5.41, 5.74) is 5.54. The van der Waals surface area contributed by atoms with Crippen LogP contribution in [0.1, 0.15) is 27.4 Å². The number of carboxylic acid groups (broad SMARTS) is 1. The molecule has 0 spiro atoms. The van der Waals surface area contributed by atoms with Crippen LogP contribution in [0.5, 0.6) is 0 Å². The fourth-order valence-corrected chi connectivity index (χ4v) is 5.72. The largest absolute Gasteiger partial charge is 0.481 e. The van der Waals surface area contributed by atoms with Crippen LogP contribution in [0.2, 0.25) is 0 Å². The number of nitrogens with zero attached hydrogens (tertiary/aromatic N) is 1. The van der Waals surface area contributed by atoms with E-state index in [1.165, 1.54) is 0 Å². The van der Waals surface area contributed by atoms with E-state index in [9.17, 15) is 19.5 Å². The van der Waals surface area contributed by atoms with Crippen molar-refractivity contribution in [2.75, 3.05) is 25.0 Å². The lowest BCUT2D eigenvalue weighted by Crippen LogP contribution is -2.32. The number of amides is 2. The first-order valence-corrected chi connectivity index (χ1v) is 11.8. The van der Waals surface area contributed by atoms with E-state index in [1.807, 2.05) is 24.3 Å². The quantitative estimate of drug-likeness (QED) is 0.577. The molecule has 1 saturated carbocycles. The van der Waals surface area contributed by atoms with Crippen LogP contribution in [-0.2, 0) is 9.53 Å². The molecule has 2 unspecified atom stereocenters. The fraction of sp³-hybridized carbons (Fsp3) is 0.250. The predicted octanol–water partition coefficient (Wildman–Crippen LogP) is 4.45. The average Bonchev–Trinajstić information content (AvgIpc) is 3.22. The summed E-state index contributed by atoms with van der Waals surface area (Å²) in [5.74, 6) is -1.17. The molecule has 0 radical (unpaired) electrons. The van der Waals surface area contributed by atoms with Gasteiger partial charge in [0, 0.05) is 30.3 Å². The predicted molar refractivity (Wildman–Crippen MR) is 129 cm³/mol. The topological polar surface area (TPSA) is 95.9 Å². The first-order valence-electron chi connectivity index (χ1n) is 11.8. The highest BCUT2D eigenvalue weighted by molar-refractivity contribution is 5.97. The Labute approximate surface area is 202 Å². The number of piperidine rings is 1. The van der Waals surface area contributed by atoms with Crippen LogP contribution in [0.3, 0.4) is 0 Å². The van der Waals surface area contributed by atoms with Gasteiger partial charge in [-0.2, -0.15) is 0 Å². The lowest BCUT2D eigenvalue weighted by atomic mass is 9.98.